The van der Waals surface area contributed by atoms with E-state index in [1.165, 1.54) is 0 Å². The minimum atomic E-state index is -0.403. The predicted octanol–water partition coefficient (Wildman–Crippen LogP) is 3.20. The number of ether oxygens (including phenoxy) is 1. The lowest BCUT2D eigenvalue weighted by Gasteiger charge is -2.25. The first-order chi connectivity index (χ1) is 10.0. The molecule has 0 fully saturated rings. The van der Waals surface area contributed by atoms with Crippen molar-refractivity contribution in [1.29, 1.82) is 0 Å². The van der Waals surface area contributed by atoms with Crippen molar-refractivity contribution in [3.8, 4) is 5.75 Å². The van der Waals surface area contributed by atoms with E-state index in [0.717, 1.165) is 0 Å². The fraction of sp³-hybridized carbons (Fsp3) is 0.412. The average molecular weight is 286 g/mol. The second-order valence-corrected chi connectivity index (χ2v) is 5.93. The summed E-state index contributed by atoms with van der Waals surface area (Å²) in [6.07, 6.45) is 1.16. The van der Waals surface area contributed by atoms with Gasteiger partial charge in [0.05, 0.1) is 18.1 Å². The van der Waals surface area contributed by atoms with Crippen LogP contribution in [0.4, 0.5) is 0 Å². The highest BCUT2D eigenvalue weighted by molar-refractivity contribution is 6.09. The lowest BCUT2D eigenvalue weighted by molar-refractivity contribution is 0.0924. The molecule has 110 valence electrons. The Hall–Kier alpha value is -2.10. The van der Waals surface area contributed by atoms with Crippen molar-refractivity contribution in [3.05, 3.63) is 39.9 Å². The molecular formula is C17H18O4. The molecule has 1 atom stereocenters. The summed E-state index contributed by atoms with van der Waals surface area (Å²) >= 11 is 0. The number of hydrogen-bond donors (Lipinski definition) is 0. The molecule has 1 aromatic carbocycles. The lowest BCUT2D eigenvalue weighted by Crippen LogP contribution is -2.25. The highest BCUT2D eigenvalue weighted by atomic mass is 16.5. The summed E-state index contributed by atoms with van der Waals surface area (Å²) in [6, 6.07) is 5.17. The van der Waals surface area contributed by atoms with Gasteiger partial charge in [0.1, 0.15) is 11.5 Å². The minimum Gasteiger partial charge on any atom is -0.497 e. The maximum Gasteiger partial charge on any atom is 0.344 e. The van der Waals surface area contributed by atoms with Gasteiger partial charge in [-0.05, 0) is 30.0 Å². The van der Waals surface area contributed by atoms with Gasteiger partial charge in [-0.2, -0.15) is 0 Å². The summed E-state index contributed by atoms with van der Waals surface area (Å²) in [7, 11) is 1.54. The van der Waals surface area contributed by atoms with E-state index >= 15 is 0 Å². The standard InChI is InChI=1S/C17H18O4/c1-9(2)10-6-14(18)16-12-5-4-11(20-3)8-13(12)17(19)21-15(16)7-10/h4-5,8-10H,6-7H2,1-3H3. The van der Waals surface area contributed by atoms with Gasteiger partial charge in [0, 0.05) is 18.2 Å². The fourth-order valence-electron chi connectivity index (χ4n) is 2.98. The number of methoxy groups -OCH3 is 1. The molecule has 4 heteroatoms. The molecule has 4 nitrogen and oxygen atoms in total. The van der Waals surface area contributed by atoms with Crippen molar-refractivity contribution in [2.24, 2.45) is 11.8 Å². The Balaban J connectivity index is 2.24. The second-order valence-electron chi connectivity index (χ2n) is 5.93. The van der Waals surface area contributed by atoms with Crippen molar-refractivity contribution in [2.45, 2.75) is 26.7 Å². The monoisotopic (exact) mass is 286 g/mol. The van der Waals surface area contributed by atoms with Crippen LogP contribution in [0.25, 0.3) is 10.8 Å². The van der Waals surface area contributed by atoms with Crippen molar-refractivity contribution in [1.82, 2.24) is 0 Å². The van der Waals surface area contributed by atoms with Crippen LogP contribution < -0.4 is 10.4 Å². The molecule has 0 N–H and O–H groups in total. The summed E-state index contributed by atoms with van der Waals surface area (Å²) in [4.78, 5) is 24.7. The second kappa shape index (κ2) is 5.02. The number of benzene rings is 1. The highest BCUT2D eigenvalue weighted by Gasteiger charge is 2.31. The van der Waals surface area contributed by atoms with Gasteiger partial charge in [0.15, 0.2) is 5.78 Å². The first-order valence-electron chi connectivity index (χ1n) is 7.18. The van der Waals surface area contributed by atoms with Gasteiger partial charge >= 0.3 is 5.63 Å². The van der Waals surface area contributed by atoms with Gasteiger partial charge in [-0.3, -0.25) is 4.79 Å². The van der Waals surface area contributed by atoms with E-state index < -0.39 is 5.63 Å². The fourth-order valence-corrected chi connectivity index (χ4v) is 2.98. The number of ketones is 1. The number of rotatable bonds is 2. The molecule has 0 saturated heterocycles. The summed E-state index contributed by atoms with van der Waals surface area (Å²) < 4.78 is 10.6. The lowest BCUT2D eigenvalue weighted by atomic mass is 9.79. The molecule has 21 heavy (non-hydrogen) atoms. The molecule has 1 aliphatic carbocycles. The highest BCUT2D eigenvalue weighted by Crippen LogP contribution is 2.34. The number of Topliss-reactive ketones (excluding diaryl/α,β-unsaturated/α-hetero) is 1. The Kier molecular flexibility index (Phi) is 3.32. The van der Waals surface area contributed by atoms with Crippen LogP contribution in [0.1, 0.15) is 36.4 Å². The summed E-state index contributed by atoms with van der Waals surface area (Å²) in [5.74, 6) is 1.81. The molecule has 0 amide bonds. The van der Waals surface area contributed by atoms with Crippen LogP contribution in [0.5, 0.6) is 5.75 Å². The molecule has 0 aliphatic heterocycles. The maximum atomic E-state index is 12.5. The first-order valence-corrected chi connectivity index (χ1v) is 7.18. The Bertz CT molecular complexity index is 770. The molecule has 0 spiro atoms. The van der Waals surface area contributed by atoms with Gasteiger partial charge in [0.25, 0.3) is 0 Å². The van der Waals surface area contributed by atoms with Crippen molar-refractivity contribution >= 4 is 16.6 Å². The number of fused-ring (bicyclic) bond motifs is 3. The topological polar surface area (TPSA) is 56.5 Å². The zero-order chi connectivity index (χ0) is 15.1. The molecule has 1 aromatic heterocycles. The van der Waals surface area contributed by atoms with E-state index in [4.69, 9.17) is 9.15 Å². The molecule has 0 saturated carbocycles. The Labute approximate surface area is 122 Å². The smallest absolute Gasteiger partial charge is 0.344 e. The molecular weight excluding hydrogens is 268 g/mol. The van der Waals surface area contributed by atoms with Crippen LogP contribution in [-0.4, -0.2) is 12.9 Å². The normalized spacial score (nSPS) is 18.1. The van der Waals surface area contributed by atoms with Gasteiger partial charge in [-0.25, -0.2) is 4.79 Å². The SMILES string of the molecule is COc1ccc2c3c(oc(=O)c2c1)CC(C(C)C)CC3=O. The average Bonchev–Trinajstić information content (AvgIpc) is 2.46. The van der Waals surface area contributed by atoms with Crippen LogP contribution in [0, 0.1) is 11.8 Å². The van der Waals surface area contributed by atoms with E-state index in [1.54, 1.807) is 25.3 Å². The van der Waals surface area contributed by atoms with Gasteiger partial charge < -0.3 is 9.15 Å². The maximum absolute atomic E-state index is 12.5. The van der Waals surface area contributed by atoms with Gasteiger partial charge in [-0.15, -0.1) is 0 Å². The van der Waals surface area contributed by atoms with Crippen LogP contribution in [-0.2, 0) is 6.42 Å². The molecule has 1 heterocycles. The minimum absolute atomic E-state index is 0.0638. The van der Waals surface area contributed by atoms with Crippen molar-refractivity contribution < 1.29 is 13.9 Å². The van der Waals surface area contributed by atoms with E-state index in [9.17, 15) is 9.59 Å². The third kappa shape index (κ3) is 2.24. The van der Waals surface area contributed by atoms with Crippen LogP contribution >= 0.6 is 0 Å². The predicted molar refractivity (Wildman–Crippen MR) is 80.0 cm³/mol. The van der Waals surface area contributed by atoms with E-state index in [-0.39, 0.29) is 11.7 Å². The Morgan fingerprint density at radius 2 is 1.95 bits per heavy atom. The van der Waals surface area contributed by atoms with Gasteiger partial charge in [-0.1, -0.05) is 13.8 Å². The summed E-state index contributed by atoms with van der Waals surface area (Å²) in [5, 5.41) is 1.08. The number of carbonyl (C=O) groups excluding carboxylic acids is 1. The Morgan fingerprint density at radius 1 is 1.19 bits per heavy atom. The molecule has 0 bridgehead atoms. The van der Waals surface area contributed by atoms with Crippen LogP contribution in [0.2, 0.25) is 0 Å². The summed E-state index contributed by atoms with van der Waals surface area (Å²) in [6.45, 7) is 4.18. The molecule has 1 aliphatic rings. The van der Waals surface area contributed by atoms with E-state index in [1.807, 2.05) is 0 Å². The first kappa shape index (κ1) is 13.9. The largest absolute Gasteiger partial charge is 0.497 e. The quantitative estimate of drug-likeness (QED) is 0.850. The molecule has 2 aromatic rings. The van der Waals surface area contributed by atoms with Crippen molar-refractivity contribution in [3.63, 3.8) is 0 Å². The van der Waals surface area contributed by atoms with Crippen LogP contribution in [0.3, 0.4) is 0 Å². The summed E-state index contributed by atoms with van der Waals surface area (Å²) in [5.41, 5.74) is 0.170. The third-order valence-electron chi connectivity index (χ3n) is 4.33. The number of carbonyl (C=O) groups is 1. The molecule has 0 radical (unpaired) electrons. The van der Waals surface area contributed by atoms with E-state index in [2.05, 4.69) is 13.8 Å². The molecule has 1 unspecified atom stereocenters. The van der Waals surface area contributed by atoms with E-state index in [0.29, 0.717) is 46.6 Å². The van der Waals surface area contributed by atoms with Gasteiger partial charge in [0.2, 0.25) is 0 Å². The number of hydrogen-bond acceptors (Lipinski definition) is 4. The van der Waals surface area contributed by atoms with Crippen LogP contribution in [0.15, 0.2) is 27.4 Å². The third-order valence-corrected chi connectivity index (χ3v) is 4.33. The zero-order valence-electron chi connectivity index (χ0n) is 12.4. The molecule has 3 rings (SSSR count). The van der Waals surface area contributed by atoms with Crippen molar-refractivity contribution in [2.75, 3.05) is 7.11 Å². The zero-order valence-corrected chi connectivity index (χ0v) is 12.4. The Morgan fingerprint density at radius 3 is 2.62 bits per heavy atom.